The van der Waals surface area contributed by atoms with Gasteiger partial charge in [-0.3, -0.25) is 14.9 Å². The highest BCUT2D eigenvalue weighted by atomic mass is 35.5. The Labute approximate surface area is 117 Å². The summed E-state index contributed by atoms with van der Waals surface area (Å²) in [6.45, 7) is 0.343. The van der Waals surface area contributed by atoms with Crippen LogP contribution in [0.4, 0.5) is 5.69 Å². The van der Waals surface area contributed by atoms with E-state index in [9.17, 15) is 14.9 Å². The summed E-state index contributed by atoms with van der Waals surface area (Å²) in [7, 11) is 0. The topological polar surface area (TPSA) is 85.1 Å². The average Bonchev–Trinajstić information content (AvgIpc) is 2.89. The molecular formula is C11H8ClN3O3S. The second-order valence-electron chi connectivity index (χ2n) is 3.55. The third kappa shape index (κ3) is 3.27. The van der Waals surface area contributed by atoms with Crippen LogP contribution >= 0.6 is 22.9 Å². The normalized spacial score (nSPS) is 10.2. The molecule has 0 fully saturated rings. The second-order valence-corrected chi connectivity index (χ2v) is 4.94. The van der Waals surface area contributed by atoms with Gasteiger partial charge in [0.1, 0.15) is 11.3 Å². The lowest BCUT2D eigenvalue weighted by Gasteiger charge is -2.04. The molecule has 8 heteroatoms. The predicted molar refractivity (Wildman–Crippen MR) is 71.4 cm³/mol. The molecule has 0 unspecified atom stereocenters. The van der Waals surface area contributed by atoms with Crippen molar-refractivity contribution in [3.63, 3.8) is 0 Å². The third-order valence-corrected chi connectivity index (χ3v) is 3.46. The maximum absolute atomic E-state index is 11.9. The molecule has 2 rings (SSSR count). The first-order valence-corrected chi connectivity index (χ1v) is 6.44. The zero-order valence-corrected chi connectivity index (χ0v) is 11.1. The van der Waals surface area contributed by atoms with Crippen LogP contribution in [-0.2, 0) is 6.54 Å². The van der Waals surface area contributed by atoms with Gasteiger partial charge in [0.2, 0.25) is 0 Å². The number of pyridine rings is 1. The molecule has 0 aliphatic carbocycles. The van der Waals surface area contributed by atoms with Crippen LogP contribution in [0.3, 0.4) is 0 Å². The highest BCUT2D eigenvalue weighted by Gasteiger charge is 2.16. The fraction of sp³-hybridized carbons (Fsp3) is 0.0909. The fourth-order valence-corrected chi connectivity index (χ4v) is 2.21. The highest BCUT2D eigenvalue weighted by Crippen LogP contribution is 2.19. The molecule has 0 aliphatic rings. The largest absolute Gasteiger partial charge is 0.347 e. The van der Waals surface area contributed by atoms with E-state index in [0.29, 0.717) is 6.54 Å². The zero-order chi connectivity index (χ0) is 13.8. The van der Waals surface area contributed by atoms with Gasteiger partial charge >= 0.3 is 0 Å². The van der Waals surface area contributed by atoms with Crippen LogP contribution in [-0.4, -0.2) is 15.8 Å². The molecule has 98 valence electrons. The number of nitrogens with one attached hydrogen (secondary N) is 1. The lowest BCUT2D eigenvalue weighted by atomic mass is 10.2. The average molecular weight is 298 g/mol. The summed E-state index contributed by atoms with van der Waals surface area (Å²) in [6, 6.07) is 4.85. The van der Waals surface area contributed by atoms with Crippen LogP contribution in [0.5, 0.6) is 0 Å². The van der Waals surface area contributed by atoms with Gasteiger partial charge in [-0.25, -0.2) is 4.98 Å². The number of nitrogens with zero attached hydrogens (tertiary/aromatic N) is 2. The fourth-order valence-electron chi connectivity index (χ4n) is 1.37. The molecule has 0 atom stereocenters. The van der Waals surface area contributed by atoms with Crippen LogP contribution in [0.25, 0.3) is 0 Å². The number of rotatable bonds is 4. The Balaban J connectivity index is 2.14. The summed E-state index contributed by atoms with van der Waals surface area (Å²) in [5.74, 6) is -0.491. The molecule has 0 saturated carbocycles. The molecule has 6 nitrogen and oxygen atoms in total. The van der Waals surface area contributed by atoms with Gasteiger partial charge in [-0.05, 0) is 11.4 Å². The van der Waals surface area contributed by atoms with Gasteiger partial charge in [0, 0.05) is 10.9 Å². The molecule has 19 heavy (non-hydrogen) atoms. The molecule has 1 amide bonds. The van der Waals surface area contributed by atoms with E-state index >= 15 is 0 Å². The lowest BCUT2D eigenvalue weighted by Crippen LogP contribution is -2.23. The van der Waals surface area contributed by atoms with E-state index in [0.717, 1.165) is 17.1 Å². The molecule has 2 aromatic rings. The molecule has 0 aromatic carbocycles. The molecule has 0 saturated heterocycles. The number of amides is 1. The Kier molecular flexibility index (Phi) is 4.08. The van der Waals surface area contributed by atoms with Gasteiger partial charge in [0.05, 0.1) is 17.0 Å². The first-order chi connectivity index (χ1) is 9.08. The first kappa shape index (κ1) is 13.4. The zero-order valence-electron chi connectivity index (χ0n) is 9.50. The third-order valence-electron chi connectivity index (χ3n) is 2.28. The summed E-state index contributed by atoms with van der Waals surface area (Å²) in [6.07, 6.45) is 1.01. The first-order valence-electron chi connectivity index (χ1n) is 5.18. The van der Waals surface area contributed by atoms with Crippen LogP contribution < -0.4 is 5.32 Å². The molecule has 0 aliphatic heterocycles. The summed E-state index contributed by atoms with van der Waals surface area (Å²) in [4.78, 5) is 26.5. The SMILES string of the molecule is O=C(NCc1cccs1)c1cc([N+](=O)[O-])cnc1Cl. The van der Waals surface area contributed by atoms with E-state index in [2.05, 4.69) is 10.3 Å². The van der Waals surface area contributed by atoms with Crippen molar-refractivity contribution in [2.75, 3.05) is 0 Å². The summed E-state index contributed by atoms with van der Waals surface area (Å²) < 4.78 is 0. The molecular weight excluding hydrogens is 290 g/mol. The van der Waals surface area contributed by atoms with Crippen molar-refractivity contribution in [1.82, 2.24) is 10.3 Å². The Bertz CT molecular complexity index is 616. The number of thiophene rings is 1. The predicted octanol–water partition coefficient (Wildman–Crippen LogP) is 2.63. The number of halogens is 1. The van der Waals surface area contributed by atoms with Crippen LogP contribution in [0.15, 0.2) is 29.8 Å². The second kappa shape index (κ2) is 5.77. The van der Waals surface area contributed by atoms with E-state index in [1.165, 1.54) is 11.3 Å². The Morgan fingerprint density at radius 1 is 1.58 bits per heavy atom. The van der Waals surface area contributed by atoms with Crippen molar-refractivity contribution in [2.45, 2.75) is 6.54 Å². The summed E-state index contributed by atoms with van der Waals surface area (Å²) >= 11 is 7.27. The van der Waals surface area contributed by atoms with Crippen LogP contribution in [0, 0.1) is 10.1 Å². The Hall–Kier alpha value is -1.99. The minimum absolute atomic E-state index is 0.00702. The number of hydrogen-bond donors (Lipinski definition) is 1. The van der Waals surface area contributed by atoms with Crippen molar-refractivity contribution in [1.29, 1.82) is 0 Å². The molecule has 0 bridgehead atoms. The van der Waals surface area contributed by atoms with Gasteiger partial charge < -0.3 is 5.32 Å². The Morgan fingerprint density at radius 2 is 2.37 bits per heavy atom. The van der Waals surface area contributed by atoms with Gasteiger partial charge in [-0.2, -0.15) is 0 Å². The van der Waals surface area contributed by atoms with E-state index in [4.69, 9.17) is 11.6 Å². The molecule has 0 radical (unpaired) electrons. The van der Waals surface area contributed by atoms with Crippen LogP contribution in [0.2, 0.25) is 5.15 Å². The number of aromatic nitrogens is 1. The van der Waals surface area contributed by atoms with Crippen LogP contribution in [0.1, 0.15) is 15.2 Å². The minimum atomic E-state index is -0.626. The van der Waals surface area contributed by atoms with Crippen molar-refractivity contribution in [2.24, 2.45) is 0 Å². The smallest absolute Gasteiger partial charge is 0.288 e. The molecule has 0 spiro atoms. The summed E-state index contributed by atoms with van der Waals surface area (Å²) in [5, 5.41) is 15.1. The number of carbonyl (C=O) groups excluding carboxylic acids is 1. The van der Waals surface area contributed by atoms with Gasteiger partial charge in [-0.15, -0.1) is 11.3 Å². The lowest BCUT2D eigenvalue weighted by molar-refractivity contribution is -0.385. The van der Waals surface area contributed by atoms with Gasteiger partial charge in [0.25, 0.3) is 11.6 Å². The van der Waals surface area contributed by atoms with Gasteiger partial charge in [0.15, 0.2) is 0 Å². The standard InChI is InChI=1S/C11H8ClN3O3S/c12-10-9(4-7(5-13-10)15(17)18)11(16)14-6-8-2-1-3-19-8/h1-5H,6H2,(H,14,16). The molecule has 2 aromatic heterocycles. The van der Waals surface area contributed by atoms with Crippen molar-refractivity contribution < 1.29 is 9.72 Å². The maximum atomic E-state index is 11.9. The summed E-state index contributed by atoms with van der Waals surface area (Å²) in [5.41, 5.74) is -0.280. The minimum Gasteiger partial charge on any atom is -0.347 e. The molecule has 2 heterocycles. The number of nitro groups is 1. The van der Waals surface area contributed by atoms with E-state index < -0.39 is 10.8 Å². The van der Waals surface area contributed by atoms with Crippen molar-refractivity contribution >= 4 is 34.5 Å². The van der Waals surface area contributed by atoms with Crippen molar-refractivity contribution in [3.05, 3.63) is 55.5 Å². The van der Waals surface area contributed by atoms with E-state index in [1.54, 1.807) is 0 Å². The number of carbonyl (C=O) groups is 1. The molecule has 1 N–H and O–H groups in total. The monoisotopic (exact) mass is 297 g/mol. The highest BCUT2D eigenvalue weighted by molar-refractivity contribution is 7.09. The van der Waals surface area contributed by atoms with E-state index in [1.807, 2.05) is 17.5 Å². The number of hydrogen-bond acceptors (Lipinski definition) is 5. The maximum Gasteiger partial charge on any atom is 0.288 e. The van der Waals surface area contributed by atoms with E-state index in [-0.39, 0.29) is 16.4 Å². The van der Waals surface area contributed by atoms with Gasteiger partial charge in [-0.1, -0.05) is 17.7 Å². The quantitative estimate of drug-likeness (QED) is 0.534. The Morgan fingerprint density at radius 3 is 3.00 bits per heavy atom. The van der Waals surface area contributed by atoms with Crippen molar-refractivity contribution in [3.8, 4) is 0 Å².